The molecule has 0 saturated carbocycles. The molecule has 7 heteroatoms. The quantitative estimate of drug-likeness (QED) is 0.638. The van der Waals surface area contributed by atoms with Gasteiger partial charge in [0.25, 0.3) is 5.91 Å². The van der Waals surface area contributed by atoms with Gasteiger partial charge in [0, 0.05) is 11.9 Å². The van der Waals surface area contributed by atoms with E-state index in [0.29, 0.717) is 17.5 Å². The SMILES string of the molecule is CCOc1nc2cc(C(F)(F)F)ccc2c(C)c1C(=O)NCc1cccc(C)c1. The fraction of sp³-hybridized carbons (Fsp3) is 0.273. The number of rotatable bonds is 5. The summed E-state index contributed by atoms with van der Waals surface area (Å²) in [5, 5.41) is 3.32. The molecule has 1 aromatic heterocycles. The summed E-state index contributed by atoms with van der Waals surface area (Å²) >= 11 is 0. The zero-order valence-corrected chi connectivity index (χ0v) is 16.4. The maximum atomic E-state index is 13.0. The minimum atomic E-state index is -4.47. The van der Waals surface area contributed by atoms with Gasteiger partial charge in [0.1, 0.15) is 5.56 Å². The third-order valence-electron chi connectivity index (χ3n) is 4.58. The van der Waals surface area contributed by atoms with Gasteiger partial charge in [0.2, 0.25) is 5.88 Å². The summed E-state index contributed by atoms with van der Waals surface area (Å²) in [6.45, 7) is 5.92. The van der Waals surface area contributed by atoms with Crippen LogP contribution in [0.3, 0.4) is 0 Å². The molecule has 3 aromatic rings. The molecule has 0 saturated heterocycles. The van der Waals surface area contributed by atoms with Crippen molar-refractivity contribution in [2.24, 2.45) is 0 Å². The molecule has 0 aliphatic rings. The van der Waals surface area contributed by atoms with Crippen LogP contribution in [-0.2, 0) is 12.7 Å². The zero-order valence-electron chi connectivity index (χ0n) is 16.4. The smallest absolute Gasteiger partial charge is 0.416 e. The molecule has 4 nitrogen and oxygen atoms in total. The summed E-state index contributed by atoms with van der Waals surface area (Å²) in [5.74, 6) is -0.361. The molecule has 2 aromatic carbocycles. The number of halogens is 3. The molecule has 0 atom stereocenters. The first kappa shape index (κ1) is 20.6. The van der Waals surface area contributed by atoms with Crippen molar-refractivity contribution in [3.05, 3.63) is 70.3 Å². The lowest BCUT2D eigenvalue weighted by Crippen LogP contribution is -2.25. The maximum absolute atomic E-state index is 13.0. The number of ether oxygens (including phenoxy) is 1. The average Bonchev–Trinajstić information content (AvgIpc) is 2.65. The predicted molar refractivity (Wildman–Crippen MR) is 105 cm³/mol. The number of carbonyl (C=O) groups is 1. The van der Waals surface area contributed by atoms with Crippen molar-refractivity contribution < 1.29 is 22.7 Å². The van der Waals surface area contributed by atoms with Crippen molar-refractivity contribution in [1.29, 1.82) is 0 Å². The Balaban J connectivity index is 2.00. The lowest BCUT2D eigenvalue weighted by atomic mass is 10.0. The topological polar surface area (TPSA) is 51.2 Å². The summed E-state index contributed by atoms with van der Waals surface area (Å²) in [7, 11) is 0. The molecule has 152 valence electrons. The molecule has 1 heterocycles. The Morgan fingerprint density at radius 2 is 1.90 bits per heavy atom. The van der Waals surface area contributed by atoms with E-state index >= 15 is 0 Å². The first-order valence-corrected chi connectivity index (χ1v) is 9.18. The van der Waals surface area contributed by atoms with E-state index in [0.717, 1.165) is 23.3 Å². The number of pyridine rings is 1. The number of alkyl halides is 3. The van der Waals surface area contributed by atoms with Crippen LogP contribution in [0.25, 0.3) is 10.9 Å². The van der Waals surface area contributed by atoms with E-state index in [9.17, 15) is 18.0 Å². The van der Waals surface area contributed by atoms with Crippen LogP contribution < -0.4 is 10.1 Å². The van der Waals surface area contributed by atoms with Gasteiger partial charge in [-0.25, -0.2) is 4.98 Å². The number of amides is 1. The number of fused-ring (bicyclic) bond motifs is 1. The highest BCUT2D eigenvalue weighted by Crippen LogP contribution is 2.34. The molecular weight excluding hydrogens is 381 g/mol. The Morgan fingerprint density at radius 1 is 1.14 bits per heavy atom. The number of hydrogen-bond acceptors (Lipinski definition) is 3. The van der Waals surface area contributed by atoms with Crippen LogP contribution in [0.2, 0.25) is 0 Å². The van der Waals surface area contributed by atoms with Crippen LogP contribution >= 0.6 is 0 Å². The van der Waals surface area contributed by atoms with Gasteiger partial charge in [0.05, 0.1) is 17.7 Å². The molecule has 0 fully saturated rings. The zero-order chi connectivity index (χ0) is 21.2. The summed E-state index contributed by atoms with van der Waals surface area (Å²) in [6.07, 6.45) is -4.47. The molecule has 1 N–H and O–H groups in total. The molecular formula is C22H21F3N2O2. The van der Waals surface area contributed by atoms with E-state index in [2.05, 4.69) is 10.3 Å². The van der Waals surface area contributed by atoms with Crippen molar-refractivity contribution in [1.82, 2.24) is 10.3 Å². The second-order valence-corrected chi connectivity index (χ2v) is 6.75. The van der Waals surface area contributed by atoms with E-state index in [1.165, 1.54) is 6.07 Å². The highest BCUT2D eigenvalue weighted by Gasteiger charge is 2.31. The molecule has 0 aliphatic carbocycles. The minimum absolute atomic E-state index is 0.0265. The standard InChI is InChI=1S/C22H21F3N2O2/c1-4-29-21-19(20(28)26-12-15-7-5-6-13(2)10-15)14(3)17-9-8-16(22(23,24)25)11-18(17)27-21/h5-11H,4,12H2,1-3H3,(H,26,28). The normalized spacial score (nSPS) is 11.5. The lowest BCUT2D eigenvalue weighted by molar-refractivity contribution is -0.137. The van der Waals surface area contributed by atoms with Gasteiger partial charge in [-0.15, -0.1) is 0 Å². The first-order chi connectivity index (χ1) is 13.7. The number of aryl methyl sites for hydroxylation is 2. The van der Waals surface area contributed by atoms with E-state index in [-0.39, 0.29) is 29.5 Å². The van der Waals surface area contributed by atoms with Crippen molar-refractivity contribution >= 4 is 16.8 Å². The van der Waals surface area contributed by atoms with Crippen molar-refractivity contribution in [3.8, 4) is 5.88 Å². The average molecular weight is 402 g/mol. The Labute approximate surface area is 166 Å². The molecule has 0 aliphatic heterocycles. The monoisotopic (exact) mass is 402 g/mol. The number of carbonyl (C=O) groups excluding carboxylic acids is 1. The number of nitrogens with zero attached hydrogens (tertiary/aromatic N) is 1. The Hall–Kier alpha value is -3.09. The van der Waals surface area contributed by atoms with Crippen LogP contribution in [0.1, 0.15) is 39.5 Å². The third-order valence-corrected chi connectivity index (χ3v) is 4.58. The molecule has 0 unspecified atom stereocenters. The van der Waals surface area contributed by atoms with Gasteiger partial charge in [-0.05, 0) is 44.0 Å². The highest BCUT2D eigenvalue weighted by atomic mass is 19.4. The van der Waals surface area contributed by atoms with E-state index in [4.69, 9.17) is 4.74 Å². The van der Waals surface area contributed by atoms with E-state index in [1.54, 1.807) is 13.8 Å². The maximum Gasteiger partial charge on any atom is 0.416 e. The van der Waals surface area contributed by atoms with Gasteiger partial charge >= 0.3 is 6.18 Å². The van der Waals surface area contributed by atoms with Crippen LogP contribution in [0, 0.1) is 13.8 Å². The lowest BCUT2D eigenvalue weighted by Gasteiger charge is -2.16. The van der Waals surface area contributed by atoms with Crippen molar-refractivity contribution in [2.75, 3.05) is 6.61 Å². The predicted octanol–water partition coefficient (Wildman–Crippen LogP) is 5.20. The Bertz CT molecular complexity index is 1060. The van der Waals surface area contributed by atoms with Crippen LogP contribution in [0.4, 0.5) is 13.2 Å². The van der Waals surface area contributed by atoms with E-state index < -0.39 is 11.7 Å². The largest absolute Gasteiger partial charge is 0.477 e. The summed E-state index contributed by atoms with van der Waals surface area (Å²) in [4.78, 5) is 17.1. The van der Waals surface area contributed by atoms with Crippen molar-refractivity contribution in [2.45, 2.75) is 33.5 Å². The second-order valence-electron chi connectivity index (χ2n) is 6.75. The summed E-state index contributed by atoms with van der Waals surface area (Å²) in [6, 6.07) is 11.0. The number of aromatic nitrogens is 1. The third kappa shape index (κ3) is 4.50. The van der Waals surface area contributed by atoms with Gasteiger partial charge in [-0.1, -0.05) is 35.9 Å². The molecule has 0 spiro atoms. The highest BCUT2D eigenvalue weighted by molar-refractivity contribution is 6.02. The van der Waals surface area contributed by atoms with Gasteiger partial charge in [-0.2, -0.15) is 13.2 Å². The number of hydrogen-bond donors (Lipinski definition) is 1. The second kappa shape index (κ2) is 8.11. The Kier molecular flexibility index (Phi) is 5.77. The molecule has 1 amide bonds. The van der Waals surface area contributed by atoms with Crippen LogP contribution in [0.5, 0.6) is 5.88 Å². The van der Waals surface area contributed by atoms with Gasteiger partial charge in [-0.3, -0.25) is 4.79 Å². The summed E-state index contributed by atoms with van der Waals surface area (Å²) in [5.41, 5.74) is 2.11. The molecule has 0 radical (unpaired) electrons. The Morgan fingerprint density at radius 3 is 2.55 bits per heavy atom. The minimum Gasteiger partial charge on any atom is -0.477 e. The fourth-order valence-corrected chi connectivity index (χ4v) is 3.18. The van der Waals surface area contributed by atoms with Crippen LogP contribution in [0.15, 0.2) is 42.5 Å². The van der Waals surface area contributed by atoms with E-state index in [1.807, 2.05) is 31.2 Å². The van der Waals surface area contributed by atoms with Gasteiger partial charge < -0.3 is 10.1 Å². The molecule has 29 heavy (non-hydrogen) atoms. The van der Waals surface area contributed by atoms with Crippen LogP contribution in [-0.4, -0.2) is 17.5 Å². The number of benzene rings is 2. The fourth-order valence-electron chi connectivity index (χ4n) is 3.18. The number of nitrogens with one attached hydrogen (secondary N) is 1. The molecule has 3 rings (SSSR count). The summed E-state index contributed by atoms with van der Waals surface area (Å²) < 4.78 is 44.6. The van der Waals surface area contributed by atoms with Gasteiger partial charge in [0.15, 0.2) is 0 Å². The first-order valence-electron chi connectivity index (χ1n) is 9.18. The molecule has 0 bridgehead atoms. The van der Waals surface area contributed by atoms with Crippen molar-refractivity contribution in [3.63, 3.8) is 0 Å².